The molecule has 0 atom stereocenters. The summed E-state index contributed by atoms with van der Waals surface area (Å²) in [4.78, 5) is 14.2. The Kier molecular flexibility index (Phi) is 3.79. The van der Waals surface area contributed by atoms with Gasteiger partial charge in [0.1, 0.15) is 0 Å². The summed E-state index contributed by atoms with van der Waals surface area (Å²) in [7, 11) is 3.72. The van der Waals surface area contributed by atoms with E-state index in [0.29, 0.717) is 18.4 Å². The summed E-state index contributed by atoms with van der Waals surface area (Å²) in [6, 6.07) is 8.29. The summed E-state index contributed by atoms with van der Waals surface area (Å²) in [6.07, 6.45) is 0. The summed E-state index contributed by atoms with van der Waals surface area (Å²) in [5.41, 5.74) is 8.06. The minimum Gasteiger partial charge on any atom is -0.368 e. The molecule has 0 aliphatic carbocycles. The highest BCUT2D eigenvalue weighted by Crippen LogP contribution is 2.10. The fraction of sp³-hybridized carbons (Fsp3) is 0.308. The largest absolute Gasteiger partial charge is 0.368 e. The lowest BCUT2D eigenvalue weighted by Gasteiger charge is -2.12. The summed E-state index contributed by atoms with van der Waals surface area (Å²) >= 11 is 0. The van der Waals surface area contributed by atoms with Crippen molar-refractivity contribution in [2.24, 2.45) is 0 Å². The zero-order chi connectivity index (χ0) is 13.8. The van der Waals surface area contributed by atoms with Gasteiger partial charge in [-0.15, -0.1) is 0 Å². The lowest BCUT2D eigenvalue weighted by Crippen LogP contribution is -2.16. The van der Waals surface area contributed by atoms with Crippen molar-refractivity contribution < 1.29 is 0 Å². The molecule has 1 heterocycles. The van der Waals surface area contributed by atoms with Gasteiger partial charge in [-0.2, -0.15) is 15.0 Å². The van der Waals surface area contributed by atoms with E-state index in [4.69, 9.17) is 5.73 Å². The van der Waals surface area contributed by atoms with Gasteiger partial charge >= 0.3 is 0 Å². The first kappa shape index (κ1) is 13.1. The van der Waals surface area contributed by atoms with Crippen molar-refractivity contribution in [3.8, 4) is 0 Å². The molecular weight excluding hydrogens is 240 g/mol. The maximum Gasteiger partial charge on any atom is 0.231 e. The zero-order valence-electron chi connectivity index (χ0n) is 11.4. The number of benzene rings is 1. The number of hydrogen-bond acceptors (Lipinski definition) is 6. The van der Waals surface area contributed by atoms with E-state index >= 15 is 0 Å². The highest BCUT2D eigenvalue weighted by Gasteiger charge is 2.05. The molecule has 2 rings (SSSR count). The lowest BCUT2D eigenvalue weighted by atomic mass is 10.1. The highest BCUT2D eigenvalue weighted by molar-refractivity contribution is 5.41. The van der Waals surface area contributed by atoms with Crippen molar-refractivity contribution in [1.82, 2.24) is 15.0 Å². The quantitative estimate of drug-likeness (QED) is 0.863. The average molecular weight is 258 g/mol. The Labute approximate surface area is 112 Å². The second-order valence-electron chi connectivity index (χ2n) is 4.55. The Morgan fingerprint density at radius 3 is 2.42 bits per heavy atom. The first-order chi connectivity index (χ1) is 9.04. The van der Waals surface area contributed by atoms with Crippen LogP contribution in [-0.4, -0.2) is 29.0 Å². The number of hydrogen-bond donors (Lipinski definition) is 2. The van der Waals surface area contributed by atoms with Crippen molar-refractivity contribution in [3.63, 3.8) is 0 Å². The molecule has 100 valence electrons. The van der Waals surface area contributed by atoms with Crippen LogP contribution in [0.5, 0.6) is 0 Å². The van der Waals surface area contributed by atoms with E-state index in [-0.39, 0.29) is 5.95 Å². The van der Waals surface area contributed by atoms with Crippen LogP contribution in [0.15, 0.2) is 24.3 Å². The monoisotopic (exact) mass is 258 g/mol. The number of nitrogens with zero attached hydrogens (tertiary/aromatic N) is 4. The van der Waals surface area contributed by atoms with Crippen LogP contribution in [0.3, 0.4) is 0 Å². The van der Waals surface area contributed by atoms with Gasteiger partial charge in [-0.25, -0.2) is 0 Å². The smallest absolute Gasteiger partial charge is 0.231 e. The second-order valence-corrected chi connectivity index (χ2v) is 4.55. The lowest BCUT2D eigenvalue weighted by molar-refractivity contribution is 0.950. The van der Waals surface area contributed by atoms with Gasteiger partial charge in [-0.1, -0.05) is 29.8 Å². The van der Waals surface area contributed by atoms with Crippen LogP contribution >= 0.6 is 0 Å². The van der Waals surface area contributed by atoms with E-state index in [0.717, 1.165) is 5.56 Å². The number of aromatic nitrogens is 3. The zero-order valence-corrected chi connectivity index (χ0v) is 11.4. The third-order valence-corrected chi connectivity index (χ3v) is 2.61. The second kappa shape index (κ2) is 5.51. The van der Waals surface area contributed by atoms with E-state index in [9.17, 15) is 0 Å². The Morgan fingerprint density at radius 1 is 1.11 bits per heavy atom. The van der Waals surface area contributed by atoms with Crippen molar-refractivity contribution in [2.45, 2.75) is 13.5 Å². The molecule has 3 N–H and O–H groups in total. The van der Waals surface area contributed by atoms with E-state index in [1.54, 1.807) is 4.90 Å². The summed E-state index contributed by atoms with van der Waals surface area (Å²) < 4.78 is 0. The standard InChI is InChI=1S/C13H18N6/c1-9-4-6-10(7-5-9)8-15-12-16-11(14)17-13(18-12)19(2)3/h4-7H,8H2,1-3H3,(H3,14,15,16,17,18). The van der Waals surface area contributed by atoms with Gasteiger partial charge in [0.15, 0.2) is 0 Å². The van der Waals surface area contributed by atoms with Gasteiger partial charge < -0.3 is 16.0 Å². The van der Waals surface area contributed by atoms with Crippen molar-refractivity contribution in [2.75, 3.05) is 30.0 Å². The number of nitrogens with one attached hydrogen (secondary N) is 1. The molecule has 0 bridgehead atoms. The first-order valence-electron chi connectivity index (χ1n) is 6.03. The van der Waals surface area contributed by atoms with E-state index < -0.39 is 0 Å². The Bertz CT molecular complexity index is 550. The fourth-order valence-electron chi connectivity index (χ4n) is 1.55. The summed E-state index contributed by atoms with van der Waals surface area (Å²) in [5.74, 6) is 1.24. The molecule has 0 saturated carbocycles. The number of aryl methyl sites for hydroxylation is 1. The fourth-order valence-corrected chi connectivity index (χ4v) is 1.55. The minimum atomic E-state index is 0.213. The topological polar surface area (TPSA) is 80.0 Å². The molecule has 6 nitrogen and oxygen atoms in total. The third kappa shape index (κ3) is 3.54. The first-order valence-corrected chi connectivity index (χ1v) is 6.03. The average Bonchev–Trinajstić information content (AvgIpc) is 2.37. The van der Waals surface area contributed by atoms with Crippen LogP contribution in [0.4, 0.5) is 17.8 Å². The maximum atomic E-state index is 5.66. The highest BCUT2D eigenvalue weighted by atomic mass is 15.3. The SMILES string of the molecule is Cc1ccc(CNc2nc(N)nc(N(C)C)n2)cc1. The molecule has 0 unspecified atom stereocenters. The van der Waals surface area contributed by atoms with E-state index in [2.05, 4.69) is 51.5 Å². The van der Waals surface area contributed by atoms with Gasteiger partial charge in [-0.05, 0) is 12.5 Å². The molecule has 2 aromatic rings. The van der Waals surface area contributed by atoms with Crippen LogP contribution in [0.1, 0.15) is 11.1 Å². The maximum absolute atomic E-state index is 5.66. The van der Waals surface area contributed by atoms with E-state index in [1.807, 2.05) is 14.1 Å². The Morgan fingerprint density at radius 2 is 1.79 bits per heavy atom. The third-order valence-electron chi connectivity index (χ3n) is 2.61. The van der Waals surface area contributed by atoms with Crippen LogP contribution in [0, 0.1) is 6.92 Å². The molecule has 0 spiro atoms. The van der Waals surface area contributed by atoms with Crippen LogP contribution in [0.2, 0.25) is 0 Å². The number of anilines is 3. The minimum absolute atomic E-state index is 0.213. The molecule has 1 aromatic heterocycles. The number of nitrogen functional groups attached to an aromatic ring is 1. The molecule has 0 aliphatic heterocycles. The predicted octanol–water partition coefficient (Wildman–Crippen LogP) is 1.44. The normalized spacial score (nSPS) is 10.3. The van der Waals surface area contributed by atoms with Crippen molar-refractivity contribution in [1.29, 1.82) is 0 Å². The van der Waals surface area contributed by atoms with E-state index in [1.165, 1.54) is 5.56 Å². The van der Waals surface area contributed by atoms with Crippen LogP contribution in [-0.2, 0) is 6.54 Å². The van der Waals surface area contributed by atoms with Crippen LogP contribution < -0.4 is 16.0 Å². The molecular formula is C13H18N6. The van der Waals surface area contributed by atoms with Crippen molar-refractivity contribution in [3.05, 3.63) is 35.4 Å². The molecule has 0 aliphatic rings. The van der Waals surface area contributed by atoms with Gasteiger partial charge in [0, 0.05) is 20.6 Å². The van der Waals surface area contributed by atoms with Gasteiger partial charge in [-0.3, -0.25) is 0 Å². The van der Waals surface area contributed by atoms with Gasteiger partial charge in [0.05, 0.1) is 0 Å². The Hall–Kier alpha value is -2.37. The molecule has 6 heteroatoms. The van der Waals surface area contributed by atoms with Crippen LogP contribution in [0.25, 0.3) is 0 Å². The molecule has 0 fully saturated rings. The number of rotatable bonds is 4. The Balaban J connectivity index is 2.08. The molecule has 1 aromatic carbocycles. The van der Waals surface area contributed by atoms with Gasteiger partial charge in [0.2, 0.25) is 17.8 Å². The number of nitrogens with two attached hydrogens (primary N) is 1. The predicted molar refractivity (Wildman–Crippen MR) is 77.1 cm³/mol. The molecule has 0 saturated heterocycles. The summed E-state index contributed by atoms with van der Waals surface area (Å²) in [6.45, 7) is 2.71. The molecule has 19 heavy (non-hydrogen) atoms. The summed E-state index contributed by atoms with van der Waals surface area (Å²) in [5, 5.41) is 3.15. The van der Waals surface area contributed by atoms with Gasteiger partial charge in [0.25, 0.3) is 0 Å². The van der Waals surface area contributed by atoms with Crippen molar-refractivity contribution >= 4 is 17.8 Å². The molecule has 0 radical (unpaired) electrons. The molecule has 0 amide bonds.